The third-order valence-electron chi connectivity index (χ3n) is 3.16. The third kappa shape index (κ3) is 2.41. The number of aromatic nitrogens is 2. The van der Waals surface area contributed by atoms with Crippen molar-refractivity contribution in [1.82, 2.24) is 13.9 Å². The van der Waals surface area contributed by atoms with E-state index in [1.807, 2.05) is 0 Å². The molecule has 0 spiro atoms. The molecule has 0 saturated carbocycles. The Hall–Kier alpha value is -0.400. The highest BCUT2D eigenvalue weighted by Crippen LogP contribution is 2.26. The fourth-order valence-electron chi connectivity index (χ4n) is 1.91. The van der Waals surface area contributed by atoms with Crippen molar-refractivity contribution < 1.29 is 8.42 Å². The first-order valence-electron chi connectivity index (χ1n) is 5.60. The smallest absolute Gasteiger partial charge is 0.263 e. The third-order valence-corrected chi connectivity index (χ3v) is 6.19. The molecule has 17 heavy (non-hydrogen) atoms. The number of hydrogen-bond acceptors (Lipinski definition) is 3. The zero-order valence-corrected chi connectivity index (χ0v) is 12.3. The molecule has 0 bridgehead atoms. The lowest BCUT2D eigenvalue weighted by Gasteiger charge is -2.28. The van der Waals surface area contributed by atoms with E-state index in [4.69, 9.17) is 0 Å². The topological polar surface area (TPSA) is 55.2 Å². The van der Waals surface area contributed by atoms with Crippen LogP contribution >= 0.6 is 15.9 Å². The van der Waals surface area contributed by atoms with Gasteiger partial charge >= 0.3 is 0 Å². The van der Waals surface area contributed by atoms with E-state index >= 15 is 0 Å². The number of hydrogen-bond donors (Lipinski definition) is 0. The fraction of sp³-hybridized carbons (Fsp3) is 0.700. The Labute approximate surface area is 110 Å². The van der Waals surface area contributed by atoms with Gasteiger partial charge in [0, 0.05) is 20.1 Å². The number of sulfonamides is 1. The molecule has 1 aliphatic rings. The lowest BCUT2D eigenvalue weighted by Crippen LogP contribution is -2.38. The van der Waals surface area contributed by atoms with Crippen molar-refractivity contribution in [2.45, 2.75) is 24.8 Å². The van der Waals surface area contributed by atoms with E-state index in [1.165, 1.54) is 10.6 Å². The molecule has 5 nitrogen and oxygen atoms in total. The lowest BCUT2D eigenvalue weighted by atomic mass is 10.0. The standard InChI is InChI=1S/C10H16BrN3O2S/c1-8-3-5-14(6-4-8)17(15,16)10-9(11)13(2)7-12-10/h7-8H,3-6H2,1-2H3. The molecule has 7 heteroatoms. The largest absolute Gasteiger partial charge is 0.327 e. The minimum Gasteiger partial charge on any atom is -0.327 e. The van der Waals surface area contributed by atoms with E-state index in [0.29, 0.717) is 23.6 Å². The van der Waals surface area contributed by atoms with Crippen LogP contribution in [0.4, 0.5) is 0 Å². The highest BCUT2D eigenvalue weighted by Gasteiger charge is 2.31. The molecular formula is C10H16BrN3O2S. The van der Waals surface area contributed by atoms with Crippen LogP contribution in [-0.2, 0) is 17.1 Å². The van der Waals surface area contributed by atoms with Crippen molar-refractivity contribution in [3.05, 3.63) is 10.9 Å². The molecule has 1 aromatic rings. The summed E-state index contributed by atoms with van der Waals surface area (Å²) in [5, 5.41) is 0.120. The summed E-state index contributed by atoms with van der Waals surface area (Å²) in [4.78, 5) is 3.97. The van der Waals surface area contributed by atoms with Crippen LogP contribution in [0.1, 0.15) is 19.8 Å². The predicted molar refractivity (Wildman–Crippen MR) is 68.1 cm³/mol. The van der Waals surface area contributed by atoms with Crippen molar-refractivity contribution in [2.75, 3.05) is 13.1 Å². The number of nitrogens with zero attached hydrogens (tertiary/aromatic N) is 3. The Morgan fingerprint density at radius 1 is 1.41 bits per heavy atom. The minimum atomic E-state index is -3.44. The van der Waals surface area contributed by atoms with Gasteiger partial charge in [0.1, 0.15) is 4.60 Å². The van der Waals surface area contributed by atoms with Gasteiger partial charge in [0.25, 0.3) is 10.0 Å². The summed E-state index contributed by atoms with van der Waals surface area (Å²) in [6, 6.07) is 0. The summed E-state index contributed by atoms with van der Waals surface area (Å²) in [5.41, 5.74) is 0. The molecule has 0 N–H and O–H groups in total. The second-order valence-corrected chi connectivity index (χ2v) is 7.14. The first-order valence-corrected chi connectivity index (χ1v) is 7.83. The maximum absolute atomic E-state index is 12.3. The quantitative estimate of drug-likeness (QED) is 0.831. The Bertz CT molecular complexity index is 504. The molecule has 1 saturated heterocycles. The highest BCUT2D eigenvalue weighted by atomic mass is 79.9. The Morgan fingerprint density at radius 2 is 2.00 bits per heavy atom. The van der Waals surface area contributed by atoms with Gasteiger partial charge in [0.05, 0.1) is 6.33 Å². The Morgan fingerprint density at radius 3 is 2.47 bits per heavy atom. The van der Waals surface area contributed by atoms with Crippen LogP contribution in [-0.4, -0.2) is 35.4 Å². The van der Waals surface area contributed by atoms with Crippen molar-refractivity contribution >= 4 is 26.0 Å². The summed E-state index contributed by atoms with van der Waals surface area (Å²) in [7, 11) is -1.68. The van der Waals surface area contributed by atoms with E-state index in [0.717, 1.165) is 12.8 Å². The Balaban J connectivity index is 2.28. The molecule has 0 aliphatic carbocycles. The second kappa shape index (κ2) is 4.70. The first kappa shape index (κ1) is 13.0. The molecule has 96 valence electrons. The van der Waals surface area contributed by atoms with E-state index in [9.17, 15) is 8.42 Å². The average Bonchev–Trinajstić information content (AvgIpc) is 2.61. The summed E-state index contributed by atoms with van der Waals surface area (Å²) in [6.07, 6.45) is 3.34. The summed E-state index contributed by atoms with van der Waals surface area (Å²) in [5.74, 6) is 0.605. The molecule has 0 radical (unpaired) electrons. The van der Waals surface area contributed by atoms with Crippen molar-refractivity contribution in [2.24, 2.45) is 13.0 Å². The van der Waals surface area contributed by atoms with Crippen LogP contribution in [0.25, 0.3) is 0 Å². The maximum atomic E-state index is 12.3. The summed E-state index contributed by atoms with van der Waals surface area (Å²) < 4.78 is 28.4. The number of piperidine rings is 1. The maximum Gasteiger partial charge on any atom is 0.263 e. The van der Waals surface area contributed by atoms with Gasteiger partial charge in [-0.25, -0.2) is 13.4 Å². The van der Waals surface area contributed by atoms with Gasteiger partial charge in [0.2, 0.25) is 5.03 Å². The van der Waals surface area contributed by atoms with E-state index < -0.39 is 10.0 Å². The van der Waals surface area contributed by atoms with Gasteiger partial charge in [-0.1, -0.05) is 6.92 Å². The molecular weight excluding hydrogens is 306 g/mol. The minimum absolute atomic E-state index is 0.120. The van der Waals surface area contributed by atoms with Gasteiger partial charge in [-0.3, -0.25) is 0 Å². The molecule has 0 amide bonds. The van der Waals surface area contributed by atoms with Gasteiger partial charge in [-0.2, -0.15) is 4.31 Å². The van der Waals surface area contributed by atoms with Gasteiger partial charge < -0.3 is 4.57 Å². The van der Waals surface area contributed by atoms with Crippen LogP contribution in [0.15, 0.2) is 16.0 Å². The van der Waals surface area contributed by atoms with Crippen molar-refractivity contribution in [3.63, 3.8) is 0 Å². The number of halogens is 1. The monoisotopic (exact) mass is 321 g/mol. The second-order valence-electron chi connectivity index (χ2n) is 4.54. The SMILES string of the molecule is CC1CCN(S(=O)(=O)c2ncn(C)c2Br)CC1. The summed E-state index contributed by atoms with van der Waals surface area (Å²) in [6.45, 7) is 3.33. The van der Waals surface area contributed by atoms with E-state index in [-0.39, 0.29) is 5.03 Å². The number of aryl methyl sites for hydroxylation is 1. The lowest BCUT2D eigenvalue weighted by molar-refractivity contribution is 0.287. The van der Waals surface area contributed by atoms with Gasteiger partial charge in [-0.15, -0.1) is 0 Å². The predicted octanol–water partition coefficient (Wildman–Crippen LogP) is 1.60. The van der Waals surface area contributed by atoms with Crippen molar-refractivity contribution in [3.8, 4) is 0 Å². The van der Waals surface area contributed by atoms with Gasteiger partial charge in [0.15, 0.2) is 0 Å². The summed E-state index contributed by atoms with van der Waals surface area (Å²) >= 11 is 3.26. The van der Waals surface area contributed by atoms with Crippen LogP contribution in [0.3, 0.4) is 0 Å². The van der Waals surface area contributed by atoms with Gasteiger partial charge in [-0.05, 0) is 34.7 Å². The van der Waals surface area contributed by atoms with Crippen molar-refractivity contribution in [1.29, 1.82) is 0 Å². The fourth-order valence-corrected chi connectivity index (χ4v) is 4.20. The molecule has 1 aromatic heterocycles. The molecule has 1 aliphatic heterocycles. The molecule has 2 heterocycles. The molecule has 0 unspecified atom stereocenters. The molecule has 0 aromatic carbocycles. The molecule has 1 fully saturated rings. The first-order chi connectivity index (χ1) is 7.93. The normalized spacial score (nSPS) is 19.7. The van der Waals surface area contributed by atoms with Crippen LogP contribution in [0, 0.1) is 5.92 Å². The molecule has 0 atom stereocenters. The van der Waals surface area contributed by atoms with E-state index in [2.05, 4.69) is 27.8 Å². The number of imidazole rings is 1. The van der Waals surface area contributed by atoms with Crippen LogP contribution < -0.4 is 0 Å². The zero-order chi connectivity index (χ0) is 12.6. The van der Waals surface area contributed by atoms with Crippen LogP contribution in [0.2, 0.25) is 0 Å². The number of rotatable bonds is 2. The average molecular weight is 322 g/mol. The molecule has 2 rings (SSSR count). The van der Waals surface area contributed by atoms with E-state index in [1.54, 1.807) is 11.6 Å². The highest BCUT2D eigenvalue weighted by molar-refractivity contribution is 9.10. The Kier molecular flexibility index (Phi) is 3.61. The zero-order valence-electron chi connectivity index (χ0n) is 9.93. The van der Waals surface area contributed by atoms with Crippen LogP contribution in [0.5, 0.6) is 0 Å².